The summed E-state index contributed by atoms with van der Waals surface area (Å²) >= 11 is 0. The van der Waals surface area contributed by atoms with Crippen LogP contribution in [-0.4, -0.2) is 28.7 Å². The van der Waals surface area contributed by atoms with Crippen molar-refractivity contribution in [3.05, 3.63) is 83.9 Å². The lowest BCUT2D eigenvalue weighted by atomic mass is 10.0. The number of ether oxygens (including phenoxy) is 1. The summed E-state index contributed by atoms with van der Waals surface area (Å²) < 4.78 is 7.40. The van der Waals surface area contributed by atoms with Gasteiger partial charge in [0.25, 0.3) is 0 Å². The van der Waals surface area contributed by atoms with E-state index in [9.17, 15) is 4.79 Å². The number of carbonyl (C=O) groups is 1. The van der Waals surface area contributed by atoms with E-state index in [1.54, 1.807) is 13.3 Å². The molecule has 0 saturated heterocycles. The maximum absolute atomic E-state index is 12.8. The molecule has 152 valence electrons. The highest BCUT2D eigenvalue weighted by Gasteiger charge is 2.24. The van der Waals surface area contributed by atoms with E-state index in [4.69, 9.17) is 4.74 Å². The van der Waals surface area contributed by atoms with Gasteiger partial charge in [-0.3, -0.25) is 0 Å². The van der Waals surface area contributed by atoms with Gasteiger partial charge in [-0.2, -0.15) is 0 Å². The average molecular weight is 393 g/mol. The van der Waals surface area contributed by atoms with Crippen LogP contribution in [0.4, 0.5) is 4.79 Å². The van der Waals surface area contributed by atoms with E-state index in [2.05, 4.69) is 27.8 Å². The van der Waals surface area contributed by atoms with Crippen LogP contribution in [0.5, 0.6) is 5.75 Å². The van der Waals surface area contributed by atoms with Crippen molar-refractivity contribution in [2.75, 3.05) is 7.11 Å². The van der Waals surface area contributed by atoms with E-state index in [0.717, 1.165) is 24.2 Å². The van der Waals surface area contributed by atoms with Crippen LogP contribution < -0.4 is 15.4 Å². The van der Waals surface area contributed by atoms with Gasteiger partial charge in [0.1, 0.15) is 17.6 Å². The lowest BCUT2D eigenvalue weighted by Gasteiger charge is -2.23. The molecule has 0 fully saturated rings. The molecule has 0 saturated carbocycles. The maximum atomic E-state index is 12.8. The molecular weight excluding hydrogens is 364 g/mol. The number of benzene rings is 2. The summed E-state index contributed by atoms with van der Waals surface area (Å²) in [5, 5.41) is 6.11. The number of aromatic nitrogens is 2. The number of nitrogens with one attached hydrogen (secondary N) is 2. The van der Waals surface area contributed by atoms with Crippen LogP contribution in [0, 0.1) is 0 Å². The van der Waals surface area contributed by atoms with E-state index in [1.165, 1.54) is 5.56 Å². The number of methoxy groups -OCH3 is 1. The quantitative estimate of drug-likeness (QED) is 0.612. The highest BCUT2D eigenvalue weighted by molar-refractivity contribution is 5.75. The van der Waals surface area contributed by atoms with Crippen LogP contribution in [0.3, 0.4) is 0 Å². The van der Waals surface area contributed by atoms with E-state index in [0.29, 0.717) is 5.75 Å². The molecule has 2 N–H and O–H groups in total. The molecule has 2 amide bonds. The number of imidazole rings is 1. The third kappa shape index (κ3) is 5.38. The molecule has 0 bridgehead atoms. The largest absolute Gasteiger partial charge is 0.496 e. The lowest BCUT2D eigenvalue weighted by Crippen LogP contribution is -2.43. The summed E-state index contributed by atoms with van der Waals surface area (Å²) in [6.45, 7) is 2.02. The van der Waals surface area contributed by atoms with Crippen LogP contribution >= 0.6 is 0 Å². The number of amides is 2. The second kappa shape index (κ2) is 9.78. The van der Waals surface area contributed by atoms with Crippen molar-refractivity contribution < 1.29 is 9.53 Å². The molecule has 6 nitrogen and oxygen atoms in total. The molecule has 3 rings (SSSR count). The summed E-state index contributed by atoms with van der Waals surface area (Å²) in [5.74, 6) is 1.44. The first kappa shape index (κ1) is 20.5. The van der Waals surface area contributed by atoms with E-state index in [-0.39, 0.29) is 12.1 Å². The Balaban J connectivity index is 1.69. The molecule has 1 heterocycles. The zero-order valence-electron chi connectivity index (χ0n) is 17.1. The summed E-state index contributed by atoms with van der Waals surface area (Å²) in [4.78, 5) is 17.2. The smallest absolute Gasteiger partial charge is 0.315 e. The van der Waals surface area contributed by atoms with Gasteiger partial charge in [-0.1, -0.05) is 48.5 Å². The normalized spacial score (nSPS) is 12.8. The van der Waals surface area contributed by atoms with Crippen molar-refractivity contribution in [1.82, 2.24) is 20.2 Å². The van der Waals surface area contributed by atoms with Gasteiger partial charge in [-0.25, -0.2) is 9.78 Å². The minimum atomic E-state index is -0.424. The molecule has 29 heavy (non-hydrogen) atoms. The minimum absolute atomic E-state index is 0.0369. The Bertz CT molecular complexity index is 923. The van der Waals surface area contributed by atoms with Gasteiger partial charge in [-0.05, 0) is 31.4 Å². The summed E-state index contributed by atoms with van der Waals surface area (Å²) in [6.07, 6.45) is 5.36. The minimum Gasteiger partial charge on any atom is -0.496 e. The maximum Gasteiger partial charge on any atom is 0.315 e. The Morgan fingerprint density at radius 3 is 2.52 bits per heavy atom. The van der Waals surface area contributed by atoms with E-state index in [1.807, 2.05) is 67.2 Å². The number of hydrogen-bond acceptors (Lipinski definition) is 3. The van der Waals surface area contributed by atoms with Gasteiger partial charge < -0.3 is 19.9 Å². The highest BCUT2D eigenvalue weighted by Crippen LogP contribution is 2.28. The van der Waals surface area contributed by atoms with Crippen molar-refractivity contribution >= 4 is 6.03 Å². The van der Waals surface area contributed by atoms with Crippen LogP contribution in [0.25, 0.3) is 0 Å². The van der Waals surface area contributed by atoms with Crippen LogP contribution in [-0.2, 0) is 13.5 Å². The van der Waals surface area contributed by atoms with Gasteiger partial charge in [0, 0.05) is 31.0 Å². The number of urea groups is 1. The lowest BCUT2D eigenvalue weighted by molar-refractivity contribution is 0.234. The second-order valence-corrected chi connectivity index (χ2v) is 7.11. The second-order valence-electron chi connectivity index (χ2n) is 7.11. The number of nitrogens with zero attached hydrogens (tertiary/aromatic N) is 2. The van der Waals surface area contributed by atoms with Crippen LogP contribution in [0.2, 0.25) is 0 Å². The van der Waals surface area contributed by atoms with Crippen molar-refractivity contribution in [2.45, 2.75) is 31.8 Å². The zero-order valence-corrected chi connectivity index (χ0v) is 17.1. The predicted octanol–water partition coefficient (Wildman–Crippen LogP) is 3.84. The first-order valence-corrected chi connectivity index (χ1v) is 9.79. The number of rotatable bonds is 8. The van der Waals surface area contributed by atoms with Crippen molar-refractivity contribution in [1.29, 1.82) is 0 Å². The molecule has 0 radical (unpaired) electrons. The third-order valence-electron chi connectivity index (χ3n) is 4.93. The van der Waals surface area contributed by atoms with Crippen molar-refractivity contribution in [3.8, 4) is 5.75 Å². The Labute approximate surface area is 171 Å². The van der Waals surface area contributed by atoms with Gasteiger partial charge in [0.2, 0.25) is 0 Å². The Morgan fingerprint density at radius 1 is 1.10 bits per heavy atom. The fourth-order valence-electron chi connectivity index (χ4n) is 3.34. The topological polar surface area (TPSA) is 68.2 Å². The molecular formula is C23H28N4O2. The van der Waals surface area contributed by atoms with Crippen LogP contribution in [0.15, 0.2) is 67.0 Å². The standard InChI is InChI=1S/C23H28N4O2/c1-17(13-14-18-9-5-4-6-10-18)25-23(28)26-21(22-24-15-16-27(22)2)19-11-7-8-12-20(19)29-3/h4-12,15-17,21H,13-14H2,1-3H3,(H2,25,26,28)/t17-,21+/m1/s1. The van der Waals surface area contributed by atoms with Gasteiger partial charge >= 0.3 is 6.03 Å². The van der Waals surface area contributed by atoms with Crippen molar-refractivity contribution in [2.24, 2.45) is 7.05 Å². The first-order chi connectivity index (χ1) is 14.1. The molecule has 0 unspecified atom stereocenters. The molecule has 1 aromatic heterocycles. The number of aryl methyl sites for hydroxylation is 2. The number of carbonyl (C=O) groups excluding carboxylic acids is 1. The Morgan fingerprint density at radius 2 is 1.83 bits per heavy atom. The zero-order chi connectivity index (χ0) is 20.6. The summed E-state index contributed by atoms with van der Waals surface area (Å²) in [7, 11) is 3.53. The Hall–Kier alpha value is -3.28. The van der Waals surface area contributed by atoms with Gasteiger partial charge in [0.15, 0.2) is 0 Å². The molecule has 0 aliphatic heterocycles. The highest BCUT2D eigenvalue weighted by atomic mass is 16.5. The number of para-hydroxylation sites is 1. The van der Waals surface area contributed by atoms with Crippen LogP contribution in [0.1, 0.15) is 36.3 Å². The van der Waals surface area contributed by atoms with Gasteiger partial charge in [-0.15, -0.1) is 0 Å². The molecule has 2 atom stereocenters. The van der Waals surface area contributed by atoms with Gasteiger partial charge in [0.05, 0.1) is 7.11 Å². The molecule has 0 aliphatic rings. The molecule has 3 aromatic rings. The average Bonchev–Trinajstić information content (AvgIpc) is 3.17. The number of hydrogen-bond donors (Lipinski definition) is 2. The summed E-state index contributed by atoms with van der Waals surface area (Å²) in [6, 6.07) is 17.3. The summed E-state index contributed by atoms with van der Waals surface area (Å²) in [5.41, 5.74) is 2.12. The first-order valence-electron chi connectivity index (χ1n) is 9.79. The van der Waals surface area contributed by atoms with Crippen molar-refractivity contribution in [3.63, 3.8) is 0 Å². The molecule has 2 aromatic carbocycles. The van der Waals surface area contributed by atoms with E-state index >= 15 is 0 Å². The fourth-order valence-corrected chi connectivity index (χ4v) is 3.34. The predicted molar refractivity (Wildman–Crippen MR) is 114 cm³/mol. The molecule has 0 aliphatic carbocycles. The molecule has 0 spiro atoms. The van der Waals surface area contributed by atoms with E-state index < -0.39 is 6.04 Å². The fraction of sp³-hybridized carbons (Fsp3) is 0.304. The SMILES string of the molecule is COc1ccccc1[C@H](NC(=O)N[C@H](C)CCc1ccccc1)c1nccn1C. The monoisotopic (exact) mass is 392 g/mol. The Kier molecular flexibility index (Phi) is 6.89. The molecule has 6 heteroatoms. The third-order valence-corrected chi connectivity index (χ3v) is 4.93.